The Labute approximate surface area is 137 Å². The first-order valence-electron chi connectivity index (χ1n) is 9.59. The molecule has 0 aromatic carbocycles. The molecule has 9 aliphatic rings. The van der Waals surface area contributed by atoms with E-state index in [2.05, 4.69) is 18.4 Å². The molecular weight excluding hydrogens is 286 g/mol. The van der Waals surface area contributed by atoms with Crippen LogP contribution < -0.4 is 0 Å². The predicted octanol–water partition coefficient (Wildman–Crippen LogP) is 2.35. The van der Waals surface area contributed by atoms with Crippen molar-refractivity contribution in [2.75, 3.05) is 6.54 Å². The molecule has 0 radical (unpaired) electrons. The summed E-state index contributed by atoms with van der Waals surface area (Å²) >= 11 is 0. The monoisotopic (exact) mass is 311 g/mol. The zero-order valence-corrected chi connectivity index (χ0v) is 13.8. The Bertz CT molecular complexity index is 731. The molecule has 3 saturated heterocycles. The van der Waals surface area contributed by atoms with Gasteiger partial charge in [-0.25, -0.2) is 0 Å². The van der Waals surface area contributed by atoms with Crippen LogP contribution in [0.25, 0.3) is 0 Å². The van der Waals surface area contributed by atoms with Crippen LogP contribution in [0.3, 0.4) is 0 Å². The van der Waals surface area contributed by atoms with Gasteiger partial charge in [-0.2, -0.15) is 0 Å². The summed E-state index contributed by atoms with van der Waals surface area (Å²) in [6.45, 7) is 7.75. The summed E-state index contributed by atoms with van der Waals surface area (Å²) < 4.78 is 0. The molecule has 10 atom stereocenters. The van der Waals surface area contributed by atoms with E-state index in [0.717, 1.165) is 25.8 Å². The molecule has 1 N–H and O–H groups in total. The van der Waals surface area contributed by atoms with Crippen LogP contribution in [0, 0.1) is 39.9 Å². The van der Waals surface area contributed by atoms with Gasteiger partial charge in [0, 0.05) is 35.8 Å². The van der Waals surface area contributed by atoms with Crippen LogP contribution in [-0.4, -0.2) is 34.1 Å². The molecule has 3 heterocycles. The lowest BCUT2D eigenvalue weighted by molar-refractivity contribution is -0.217. The average Bonchev–Trinajstić information content (AvgIpc) is 2.81. The highest BCUT2D eigenvalue weighted by atomic mass is 16.3. The van der Waals surface area contributed by atoms with Gasteiger partial charge >= 0.3 is 0 Å². The van der Waals surface area contributed by atoms with Gasteiger partial charge in [-0.15, -0.1) is 0 Å². The zero-order chi connectivity index (χ0) is 15.6. The molecule has 6 aliphatic carbocycles. The highest BCUT2D eigenvalue weighted by Gasteiger charge is 2.92. The van der Waals surface area contributed by atoms with Crippen LogP contribution in [0.4, 0.5) is 0 Å². The van der Waals surface area contributed by atoms with Crippen LogP contribution in [0.2, 0.25) is 0 Å². The number of allylic oxidation sites excluding steroid dienone is 1. The Morgan fingerprint density at radius 2 is 2.17 bits per heavy atom. The van der Waals surface area contributed by atoms with Crippen molar-refractivity contribution >= 4 is 5.78 Å². The topological polar surface area (TPSA) is 40.5 Å². The number of carbonyl (C=O) groups excluding carboxylic acids is 1. The Morgan fingerprint density at radius 1 is 1.35 bits per heavy atom. The van der Waals surface area contributed by atoms with Crippen molar-refractivity contribution in [3.05, 3.63) is 12.2 Å². The van der Waals surface area contributed by atoms with E-state index < -0.39 is 5.72 Å². The van der Waals surface area contributed by atoms with Crippen molar-refractivity contribution in [3.8, 4) is 0 Å². The van der Waals surface area contributed by atoms with Gasteiger partial charge in [-0.3, -0.25) is 9.69 Å². The van der Waals surface area contributed by atoms with Gasteiger partial charge in [0.2, 0.25) is 0 Å². The molecule has 6 saturated carbocycles. The van der Waals surface area contributed by atoms with E-state index in [1.54, 1.807) is 0 Å². The lowest BCUT2D eigenvalue weighted by Crippen LogP contribution is -2.66. The summed E-state index contributed by atoms with van der Waals surface area (Å²) in [5, 5.41) is 11.8. The molecule has 0 aromatic rings. The van der Waals surface area contributed by atoms with E-state index >= 15 is 0 Å². The van der Waals surface area contributed by atoms with Gasteiger partial charge in [0.15, 0.2) is 0 Å². The van der Waals surface area contributed by atoms with Gasteiger partial charge in [0.1, 0.15) is 11.5 Å². The average molecular weight is 311 g/mol. The third-order valence-corrected chi connectivity index (χ3v) is 9.96. The van der Waals surface area contributed by atoms with Crippen LogP contribution in [0.1, 0.15) is 45.4 Å². The number of aliphatic hydroxyl groups is 1. The van der Waals surface area contributed by atoms with E-state index in [1.165, 1.54) is 24.8 Å². The minimum Gasteiger partial charge on any atom is -0.375 e. The molecular formula is C20H25NO2. The SMILES string of the molecule is C=C1C[C@]23C[C@@]4(O)[C@@H]5[C@@]6(C)CCC[C@]57[C@H]([C@@H]2C[C@@H]1C(=O)[C@@H]37)N4C6. The third-order valence-electron chi connectivity index (χ3n) is 9.96. The van der Waals surface area contributed by atoms with Crippen molar-refractivity contribution < 1.29 is 9.90 Å². The molecule has 0 amide bonds. The fourth-order valence-corrected chi connectivity index (χ4v) is 10.3. The third kappa shape index (κ3) is 0.877. The van der Waals surface area contributed by atoms with Gasteiger partial charge in [0.05, 0.1) is 0 Å². The summed E-state index contributed by atoms with van der Waals surface area (Å²) in [5.74, 6) is 1.91. The van der Waals surface area contributed by atoms with Gasteiger partial charge in [0.25, 0.3) is 0 Å². The van der Waals surface area contributed by atoms with E-state index in [4.69, 9.17) is 0 Å². The molecule has 2 spiro atoms. The number of fused-ring (bicyclic) bond motifs is 1. The predicted molar refractivity (Wildman–Crippen MR) is 84.2 cm³/mol. The second kappa shape index (κ2) is 2.99. The normalized spacial score (nSPS) is 72.4. The second-order valence-electron chi connectivity index (χ2n) is 10.5. The van der Waals surface area contributed by atoms with Crippen molar-refractivity contribution in [2.45, 2.75) is 57.2 Å². The first kappa shape index (κ1) is 12.7. The Morgan fingerprint density at radius 3 is 3.00 bits per heavy atom. The fraction of sp³-hybridized carbons (Fsp3) is 0.850. The quantitative estimate of drug-likeness (QED) is 0.698. The van der Waals surface area contributed by atoms with Crippen molar-refractivity contribution in [1.82, 2.24) is 4.90 Å². The summed E-state index contributed by atoms with van der Waals surface area (Å²) in [4.78, 5) is 16.0. The molecule has 1 unspecified atom stereocenters. The van der Waals surface area contributed by atoms with Gasteiger partial charge < -0.3 is 5.11 Å². The molecule has 3 nitrogen and oxygen atoms in total. The Kier molecular flexibility index (Phi) is 1.64. The number of hydrogen-bond acceptors (Lipinski definition) is 3. The zero-order valence-electron chi connectivity index (χ0n) is 13.8. The Balaban J connectivity index is 1.58. The standard InChI is InChI=1S/C20H25NO2/c1-10-7-18-8-20(23)16-17(2)4-3-5-19(16)14(18)13(22)11(10)6-12(18)15(19)21(20)9-17/h11-12,14-16,23H,1,3-9H2,2H3/t11-,12-,14-,15-,16+,17-,18-,19-,20+/m0/s1. The molecule has 23 heavy (non-hydrogen) atoms. The lowest BCUT2D eigenvalue weighted by atomic mass is 9.40. The second-order valence-corrected chi connectivity index (χ2v) is 10.5. The molecule has 9 bridgehead atoms. The molecule has 3 heteroatoms. The highest BCUT2D eigenvalue weighted by molar-refractivity contribution is 5.92. The van der Waals surface area contributed by atoms with Crippen molar-refractivity contribution in [3.63, 3.8) is 0 Å². The first-order valence-corrected chi connectivity index (χ1v) is 9.59. The first-order chi connectivity index (χ1) is 10.9. The number of nitrogens with zero attached hydrogens (tertiary/aromatic N) is 1. The molecule has 3 aliphatic heterocycles. The summed E-state index contributed by atoms with van der Waals surface area (Å²) in [6, 6.07) is 0.492. The number of hydrogen-bond donors (Lipinski definition) is 1. The van der Waals surface area contributed by atoms with E-state index in [1.807, 2.05) is 0 Å². The van der Waals surface area contributed by atoms with Crippen LogP contribution in [0.15, 0.2) is 12.2 Å². The number of piperidine rings is 2. The Hall–Kier alpha value is -0.670. The molecule has 122 valence electrons. The van der Waals surface area contributed by atoms with E-state index in [-0.39, 0.29) is 28.1 Å². The largest absolute Gasteiger partial charge is 0.375 e. The maximum Gasteiger partial charge on any atom is 0.144 e. The van der Waals surface area contributed by atoms with Crippen LogP contribution >= 0.6 is 0 Å². The lowest BCUT2D eigenvalue weighted by Gasteiger charge is -2.63. The smallest absolute Gasteiger partial charge is 0.144 e. The maximum absolute atomic E-state index is 13.4. The number of ketones is 1. The number of rotatable bonds is 0. The van der Waals surface area contributed by atoms with Crippen molar-refractivity contribution in [1.29, 1.82) is 0 Å². The summed E-state index contributed by atoms with van der Waals surface area (Å²) in [5.41, 5.74) is 0.981. The summed E-state index contributed by atoms with van der Waals surface area (Å²) in [7, 11) is 0. The van der Waals surface area contributed by atoms with Crippen molar-refractivity contribution in [2.24, 2.45) is 39.9 Å². The van der Waals surface area contributed by atoms with E-state index in [9.17, 15) is 9.90 Å². The summed E-state index contributed by atoms with van der Waals surface area (Å²) in [6.07, 6.45) is 6.59. The highest BCUT2D eigenvalue weighted by Crippen LogP contribution is 2.88. The minimum absolute atomic E-state index is 0.0674. The van der Waals surface area contributed by atoms with Crippen LogP contribution in [-0.2, 0) is 4.79 Å². The van der Waals surface area contributed by atoms with E-state index in [0.29, 0.717) is 23.7 Å². The maximum atomic E-state index is 13.4. The molecule has 9 rings (SSSR count). The van der Waals surface area contributed by atoms with Crippen LogP contribution in [0.5, 0.6) is 0 Å². The number of carbonyl (C=O) groups is 1. The van der Waals surface area contributed by atoms with Gasteiger partial charge in [-0.05, 0) is 48.9 Å². The fourth-order valence-electron chi connectivity index (χ4n) is 10.3. The van der Waals surface area contributed by atoms with Gasteiger partial charge in [-0.1, -0.05) is 25.5 Å². The molecule has 9 fully saturated rings. The number of Topliss-reactive ketones (excluding diaryl/α,β-unsaturated/α-hetero) is 1. The molecule has 0 aromatic heterocycles. The minimum atomic E-state index is -0.614.